The maximum Gasteiger partial charge on any atom is 0.161 e. The van der Waals surface area contributed by atoms with Crippen LogP contribution in [-0.2, 0) is 0 Å². The van der Waals surface area contributed by atoms with Gasteiger partial charge in [-0.2, -0.15) is 0 Å². The molecular formula is C14H20N2O2. The Morgan fingerprint density at radius 1 is 1.22 bits per heavy atom. The second-order valence-corrected chi connectivity index (χ2v) is 4.93. The van der Waals surface area contributed by atoms with E-state index in [0.717, 1.165) is 24.1 Å². The van der Waals surface area contributed by atoms with Crippen molar-refractivity contribution in [1.82, 2.24) is 10.6 Å². The van der Waals surface area contributed by atoms with E-state index in [1.54, 1.807) is 0 Å². The summed E-state index contributed by atoms with van der Waals surface area (Å²) in [7, 11) is 2.00. The van der Waals surface area contributed by atoms with E-state index in [2.05, 4.69) is 22.8 Å². The van der Waals surface area contributed by atoms with Crippen LogP contribution in [0.25, 0.3) is 0 Å². The van der Waals surface area contributed by atoms with Gasteiger partial charge in [0.1, 0.15) is 13.2 Å². The predicted molar refractivity (Wildman–Crippen MR) is 70.3 cm³/mol. The summed E-state index contributed by atoms with van der Waals surface area (Å²) in [5.41, 5.74) is 1.25. The largest absolute Gasteiger partial charge is 0.486 e. The lowest BCUT2D eigenvalue weighted by Gasteiger charge is -2.22. The number of benzene rings is 1. The first kappa shape index (κ1) is 11.8. The number of hydrogen-bond donors (Lipinski definition) is 2. The molecule has 0 aromatic heterocycles. The third-order valence-electron chi connectivity index (χ3n) is 3.51. The van der Waals surface area contributed by atoms with Crippen molar-refractivity contribution in [3.8, 4) is 11.5 Å². The highest BCUT2D eigenvalue weighted by molar-refractivity contribution is 5.44. The van der Waals surface area contributed by atoms with Crippen LogP contribution in [0.15, 0.2) is 18.2 Å². The van der Waals surface area contributed by atoms with Crippen LogP contribution >= 0.6 is 0 Å². The molecule has 1 aromatic rings. The molecule has 1 aliphatic carbocycles. The molecule has 1 saturated carbocycles. The van der Waals surface area contributed by atoms with Gasteiger partial charge in [0.15, 0.2) is 11.5 Å². The van der Waals surface area contributed by atoms with Crippen molar-refractivity contribution in [1.29, 1.82) is 0 Å². The standard InChI is InChI=1S/C14H20N2O2/c1-15-12(9-16-11-3-4-11)10-2-5-13-14(8-10)18-7-6-17-13/h2,5,8,11-12,15-16H,3-4,6-7,9H2,1H3. The summed E-state index contributed by atoms with van der Waals surface area (Å²) < 4.78 is 11.2. The quantitative estimate of drug-likeness (QED) is 0.828. The molecule has 1 unspecified atom stereocenters. The van der Waals surface area contributed by atoms with Crippen molar-refractivity contribution in [3.05, 3.63) is 23.8 Å². The first-order valence-corrected chi connectivity index (χ1v) is 6.67. The molecule has 18 heavy (non-hydrogen) atoms. The van der Waals surface area contributed by atoms with Crippen LogP contribution in [0.5, 0.6) is 11.5 Å². The molecule has 0 amide bonds. The highest BCUT2D eigenvalue weighted by Crippen LogP contribution is 2.32. The number of ether oxygens (including phenoxy) is 2. The van der Waals surface area contributed by atoms with Crippen molar-refractivity contribution < 1.29 is 9.47 Å². The molecule has 0 radical (unpaired) electrons. The van der Waals surface area contributed by atoms with Gasteiger partial charge in [-0.1, -0.05) is 6.07 Å². The number of likely N-dealkylation sites (N-methyl/N-ethyl adjacent to an activating group) is 1. The average molecular weight is 248 g/mol. The van der Waals surface area contributed by atoms with Crippen molar-refractivity contribution in [2.24, 2.45) is 0 Å². The smallest absolute Gasteiger partial charge is 0.161 e. The van der Waals surface area contributed by atoms with Gasteiger partial charge >= 0.3 is 0 Å². The third-order valence-corrected chi connectivity index (χ3v) is 3.51. The fourth-order valence-electron chi connectivity index (χ4n) is 2.24. The Labute approximate surface area is 108 Å². The van der Waals surface area contributed by atoms with Crippen LogP contribution in [-0.4, -0.2) is 32.8 Å². The minimum atomic E-state index is 0.321. The molecule has 2 N–H and O–H groups in total. The summed E-state index contributed by atoms with van der Waals surface area (Å²) in [6.07, 6.45) is 2.63. The summed E-state index contributed by atoms with van der Waals surface area (Å²) in [5, 5.41) is 6.90. The third kappa shape index (κ3) is 2.60. The monoisotopic (exact) mass is 248 g/mol. The minimum Gasteiger partial charge on any atom is -0.486 e. The van der Waals surface area contributed by atoms with Gasteiger partial charge in [-0.05, 0) is 37.6 Å². The fourth-order valence-corrected chi connectivity index (χ4v) is 2.24. The van der Waals surface area contributed by atoms with E-state index in [1.165, 1.54) is 18.4 Å². The zero-order valence-corrected chi connectivity index (χ0v) is 10.7. The molecule has 1 aromatic carbocycles. The van der Waals surface area contributed by atoms with Crippen LogP contribution in [0.4, 0.5) is 0 Å². The second-order valence-electron chi connectivity index (χ2n) is 4.93. The molecule has 1 atom stereocenters. The first-order chi connectivity index (χ1) is 8.86. The highest BCUT2D eigenvalue weighted by Gasteiger charge is 2.22. The van der Waals surface area contributed by atoms with E-state index in [-0.39, 0.29) is 0 Å². The van der Waals surface area contributed by atoms with Gasteiger partial charge in [0.2, 0.25) is 0 Å². The molecular weight excluding hydrogens is 228 g/mol. The van der Waals surface area contributed by atoms with E-state index in [0.29, 0.717) is 19.3 Å². The van der Waals surface area contributed by atoms with Crippen LogP contribution in [0, 0.1) is 0 Å². The minimum absolute atomic E-state index is 0.321. The summed E-state index contributed by atoms with van der Waals surface area (Å²) in [4.78, 5) is 0. The number of fused-ring (bicyclic) bond motifs is 1. The molecule has 4 heteroatoms. The lowest BCUT2D eigenvalue weighted by atomic mass is 10.1. The Hall–Kier alpha value is -1.26. The topological polar surface area (TPSA) is 42.5 Å². The molecule has 1 heterocycles. The van der Waals surface area contributed by atoms with Gasteiger partial charge in [-0.25, -0.2) is 0 Å². The summed E-state index contributed by atoms with van der Waals surface area (Å²) in [6, 6.07) is 7.26. The Balaban J connectivity index is 1.71. The molecule has 98 valence electrons. The van der Waals surface area contributed by atoms with Gasteiger partial charge in [-0.15, -0.1) is 0 Å². The molecule has 0 bridgehead atoms. The van der Waals surface area contributed by atoms with Crippen molar-refractivity contribution in [2.75, 3.05) is 26.8 Å². The lowest BCUT2D eigenvalue weighted by molar-refractivity contribution is 0.171. The Kier molecular flexibility index (Phi) is 3.39. The Morgan fingerprint density at radius 2 is 2.00 bits per heavy atom. The molecule has 4 nitrogen and oxygen atoms in total. The van der Waals surface area contributed by atoms with Gasteiger partial charge in [0.25, 0.3) is 0 Å². The van der Waals surface area contributed by atoms with E-state index in [4.69, 9.17) is 9.47 Å². The maximum absolute atomic E-state index is 5.62. The molecule has 2 aliphatic rings. The number of rotatable bonds is 5. The van der Waals surface area contributed by atoms with Crippen molar-refractivity contribution >= 4 is 0 Å². The van der Waals surface area contributed by atoms with Crippen molar-refractivity contribution in [3.63, 3.8) is 0 Å². The van der Waals surface area contributed by atoms with E-state index < -0.39 is 0 Å². The van der Waals surface area contributed by atoms with Gasteiger partial charge in [0.05, 0.1) is 0 Å². The van der Waals surface area contributed by atoms with Gasteiger partial charge in [-0.3, -0.25) is 0 Å². The van der Waals surface area contributed by atoms with E-state index in [9.17, 15) is 0 Å². The van der Waals surface area contributed by atoms with Gasteiger partial charge < -0.3 is 20.1 Å². The number of hydrogen-bond acceptors (Lipinski definition) is 4. The number of nitrogens with one attached hydrogen (secondary N) is 2. The van der Waals surface area contributed by atoms with Gasteiger partial charge in [0, 0.05) is 18.6 Å². The van der Waals surface area contributed by atoms with Crippen LogP contribution in [0.2, 0.25) is 0 Å². The lowest BCUT2D eigenvalue weighted by Crippen LogP contribution is -2.30. The normalized spacial score (nSPS) is 19.6. The Morgan fingerprint density at radius 3 is 2.72 bits per heavy atom. The van der Waals surface area contributed by atoms with Crippen LogP contribution in [0.3, 0.4) is 0 Å². The second kappa shape index (κ2) is 5.16. The fraction of sp³-hybridized carbons (Fsp3) is 0.571. The van der Waals surface area contributed by atoms with E-state index in [1.807, 2.05) is 13.1 Å². The predicted octanol–water partition coefficient (Wildman–Crippen LogP) is 1.47. The van der Waals surface area contributed by atoms with Crippen LogP contribution in [0.1, 0.15) is 24.4 Å². The molecule has 1 fully saturated rings. The highest BCUT2D eigenvalue weighted by atomic mass is 16.6. The summed E-state index contributed by atoms with van der Waals surface area (Å²) in [6.45, 7) is 2.24. The van der Waals surface area contributed by atoms with Crippen molar-refractivity contribution in [2.45, 2.75) is 24.9 Å². The zero-order chi connectivity index (χ0) is 12.4. The molecule has 1 aliphatic heterocycles. The molecule has 0 saturated heterocycles. The molecule has 0 spiro atoms. The van der Waals surface area contributed by atoms with Crippen LogP contribution < -0.4 is 20.1 Å². The Bertz CT molecular complexity index is 418. The summed E-state index contributed by atoms with van der Waals surface area (Å²) >= 11 is 0. The SMILES string of the molecule is CNC(CNC1CC1)c1ccc2c(c1)OCCO2. The zero-order valence-electron chi connectivity index (χ0n) is 10.7. The molecule has 3 rings (SSSR count). The van der Waals surface area contributed by atoms with E-state index >= 15 is 0 Å². The maximum atomic E-state index is 5.62. The summed E-state index contributed by atoms with van der Waals surface area (Å²) in [5.74, 6) is 1.72. The average Bonchev–Trinajstić information content (AvgIpc) is 3.23. The first-order valence-electron chi connectivity index (χ1n) is 6.67.